The lowest BCUT2D eigenvalue weighted by molar-refractivity contribution is -0.127. The summed E-state index contributed by atoms with van der Waals surface area (Å²) in [6.45, 7) is 6.15. The topological polar surface area (TPSA) is 47.9 Å². The molecule has 0 aliphatic carbocycles. The Labute approximate surface area is 153 Å². The van der Waals surface area contributed by atoms with Gasteiger partial charge in [-0.1, -0.05) is 34.1 Å². The number of hydrogen-bond acceptors (Lipinski definition) is 2. The fourth-order valence-corrected chi connectivity index (χ4v) is 3.22. The van der Waals surface area contributed by atoms with E-state index in [9.17, 15) is 4.79 Å². The van der Waals surface area contributed by atoms with E-state index in [1.54, 1.807) is 0 Å². The molecule has 132 valence electrons. The molecule has 0 radical (unpaired) electrons. The molecule has 0 aromatic heterocycles. The van der Waals surface area contributed by atoms with Crippen LogP contribution in [0.15, 0.2) is 33.7 Å². The Morgan fingerprint density at radius 1 is 1.42 bits per heavy atom. The summed E-state index contributed by atoms with van der Waals surface area (Å²) in [4.78, 5) is 20.4. The van der Waals surface area contributed by atoms with E-state index in [0.29, 0.717) is 6.42 Å². The summed E-state index contributed by atoms with van der Waals surface area (Å²) in [6.07, 6.45) is 2.61. The van der Waals surface area contributed by atoms with Gasteiger partial charge >= 0.3 is 0 Å². The third-order valence-electron chi connectivity index (χ3n) is 4.08. The smallest absolute Gasteiger partial charge is 0.222 e. The SMILES string of the molecule is CCNC(=NCCCN1CCCC1=O)N(C)Cc1ccccc1Br. The van der Waals surface area contributed by atoms with E-state index >= 15 is 0 Å². The van der Waals surface area contributed by atoms with Crippen molar-refractivity contribution in [3.8, 4) is 0 Å². The molecule has 0 bridgehead atoms. The summed E-state index contributed by atoms with van der Waals surface area (Å²) < 4.78 is 1.11. The molecule has 1 saturated heterocycles. The number of nitrogens with zero attached hydrogens (tertiary/aromatic N) is 3. The molecule has 1 heterocycles. The number of guanidine groups is 1. The highest BCUT2D eigenvalue weighted by atomic mass is 79.9. The Hall–Kier alpha value is -1.56. The van der Waals surface area contributed by atoms with Crippen LogP contribution in [0.25, 0.3) is 0 Å². The Kier molecular flexibility index (Phi) is 7.56. The molecule has 1 amide bonds. The molecule has 1 aliphatic heterocycles. The largest absolute Gasteiger partial charge is 0.357 e. The molecule has 2 rings (SSSR count). The van der Waals surface area contributed by atoms with Crippen molar-refractivity contribution in [1.29, 1.82) is 0 Å². The second kappa shape index (κ2) is 9.67. The molecule has 6 heteroatoms. The van der Waals surface area contributed by atoms with Gasteiger partial charge in [0.15, 0.2) is 5.96 Å². The number of benzene rings is 1. The minimum absolute atomic E-state index is 0.289. The second-order valence-electron chi connectivity index (χ2n) is 6.02. The van der Waals surface area contributed by atoms with E-state index in [-0.39, 0.29) is 5.91 Å². The van der Waals surface area contributed by atoms with E-state index in [0.717, 1.165) is 56.0 Å². The first kappa shape index (κ1) is 18.8. The first-order valence-electron chi connectivity index (χ1n) is 8.62. The summed E-state index contributed by atoms with van der Waals surface area (Å²) in [6, 6.07) is 8.24. The number of hydrogen-bond donors (Lipinski definition) is 1. The summed E-state index contributed by atoms with van der Waals surface area (Å²) in [5.41, 5.74) is 1.23. The van der Waals surface area contributed by atoms with Crippen LogP contribution in [-0.4, -0.2) is 54.9 Å². The highest BCUT2D eigenvalue weighted by Crippen LogP contribution is 2.17. The van der Waals surface area contributed by atoms with E-state index in [1.807, 2.05) is 24.1 Å². The number of aliphatic imine (C=N–C) groups is 1. The van der Waals surface area contributed by atoms with Gasteiger partial charge in [-0.2, -0.15) is 0 Å². The van der Waals surface area contributed by atoms with Crippen molar-refractivity contribution in [2.75, 3.05) is 33.2 Å². The Morgan fingerprint density at radius 3 is 2.88 bits per heavy atom. The normalized spacial score (nSPS) is 15.0. The summed E-state index contributed by atoms with van der Waals surface area (Å²) in [5.74, 6) is 1.19. The maximum Gasteiger partial charge on any atom is 0.222 e. The molecule has 5 nitrogen and oxygen atoms in total. The number of amides is 1. The lowest BCUT2D eigenvalue weighted by Crippen LogP contribution is -2.38. The minimum Gasteiger partial charge on any atom is -0.357 e. The van der Waals surface area contributed by atoms with Gasteiger partial charge in [-0.3, -0.25) is 9.79 Å². The van der Waals surface area contributed by atoms with Crippen LogP contribution in [0.5, 0.6) is 0 Å². The molecule has 0 atom stereocenters. The van der Waals surface area contributed by atoms with Crippen LogP contribution in [0, 0.1) is 0 Å². The van der Waals surface area contributed by atoms with Crippen molar-refractivity contribution in [1.82, 2.24) is 15.1 Å². The number of carbonyl (C=O) groups excluding carboxylic acids is 1. The molecule has 0 saturated carbocycles. The Balaban J connectivity index is 1.87. The number of carbonyl (C=O) groups is 1. The van der Waals surface area contributed by atoms with Gasteiger partial charge in [-0.05, 0) is 31.4 Å². The minimum atomic E-state index is 0.289. The number of rotatable bonds is 7. The molecule has 24 heavy (non-hydrogen) atoms. The van der Waals surface area contributed by atoms with Crippen LogP contribution < -0.4 is 5.32 Å². The van der Waals surface area contributed by atoms with Crippen molar-refractivity contribution in [3.63, 3.8) is 0 Å². The molecule has 0 unspecified atom stereocenters. The molecule has 1 aliphatic rings. The van der Waals surface area contributed by atoms with Crippen LogP contribution in [0.3, 0.4) is 0 Å². The standard InChI is InChI=1S/C18H27BrN4O/c1-3-20-18(21-11-7-13-23-12-6-10-17(23)24)22(2)14-15-8-4-5-9-16(15)19/h4-5,8-9H,3,6-7,10-14H2,1-2H3,(H,20,21). The first-order chi connectivity index (χ1) is 11.6. The van der Waals surface area contributed by atoms with Crippen molar-refractivity contribution in [2.24, 2.45) is 4.99 Å². The third kappa shape index (κ3) is 5.51. The molecular formula is C18H27BrN4O. The highest BCUT2D eigenvalue weighted by molar-refractivity contribution is 9.10. The van der Waals surface area contributed by atoms with Crippen LogP contribution in [0.4, 0.5) is 0 Å². The van der Waals surface area contributed by atoms with Gasteiger partial charge in [0, 0.05) is 50.7 Å². The van der Waals surface area contributed by atoms with Crippen molar-refractivity contribution in [2.45, 2.75) is 32.7 Å². The zero-order chi connectivity index (χ0) is 17.4. The second-order valence-corrected chi connectivity index (χ2v) is 6.88. The predicted octanol–water partition coefficient (Wildman–Crippen LogP) is 2.86. The lowest BCUT2D eigenvalue weighted by atomic mass is 10.2. The van der Waals surface area contributed by atoms with Crippen LogP contribution in [0.1, 0.15) is 31.7 Å². The van der Waals surface area contributed by atoms with Gasteiger partial charge in [0.1, 0.15) is 0 Å². The van der Waals surface area contributed by atoms with Gasteiger partial charge in [-0.15, -0.1) is 0 Å². The average Bonchev–Trinajstić information content (AvgIpc) is 2.97. The maximum absolute atomic E-state index is 11.6. The van der Waals surface area contributed by atoms with Gasteiger partial charge < -0.3 is 15.1 Å². The summed E-state index contributed by atoms with van der Waals surface area (Å²) >= 11 is 3.60. The van der Waals surface area contributed by atoms with Crippen LogP contribution in [0.2, 0.25) is 0 Å². The predicted molar refractivity (Wildman–Crippen MR) is 102 cm³/mol. The fraction of sp³-hybridized carbons (Fsp3) is 0.556. The van der Waals surface area contributed by atoms with Crippen LogP contribution in [-0.2, 0) is 11.3 Å². The van der Waals surface area contributed by atoms with Crippen LogP contribution >= 0.6 is 15.9 Å². The fourth-order valence-electron chi connectivity index (χ4n) is 2.81. The quantitative estimate of drug-likeness (QED) is 0.439. The highest BCUT2D eigenvalue weighted by Gasteiger charge is 2.19. The Bertz CT molecular complexity index is 576. The number of halogens is 1. The van der Waals surface area contributed by atoms with Gasteiger partial charge in [-0.25, -0.2) is 0 Å². The molecule has 1 aromatic carbocycles. The van der Waals surface area contributed by atoms with E-state index in [4.69, 9.17) is 4.99 Å². The Morgan fingerprint density at radius 2 is 2.21 bits per heavy atom. The molecular weight excluding hydrogens is 368 g/mol. The number of nitrogens with one attached hydrogen (secondary N) is 1. The lowest BCUT2D eigenvalue weighted by Gasteiger charge is -2.23. The van der Waals surface area contributed by atoms with Gasteiger partial charge in [0.2, 0.25) is 5.91 Å². The van der Waals surface area contributed by atoms with E-state index < -0.39 is 0 Å². The average molecular weight is 395 g/mol. The van der Waals surface area contributed by atoms with Gasteiger partial charge in [0.05, 0.1) is 0 Å². The van der Waals surface area contributed by atoms with Crippen molar-refractivity contribution >= 4 is 27.8 Å². The third-order valence-corrected chi connectivity index (χ3v) is 4.85. The summed E-state index contributed by atoms with van der Waals surface area (Å²) in [5, 5.41) is 3.34. The molecule has 0 spiro atoms. The zero-order valence-corrected chi connectivity index (χ0v) is 16.2. The van der Waals surface area contributed by atoms with Crippen molar-refractivity contribution < 1.29 is 4.79 Å². The molecule has 1 aromatic rings. The number of likely N-dealkylation sites (tertiary alicyclic amines) is 1. The molecule has 1 N–H and O–H groups in total. The molecule has 1 fully saturated rings. The van der Waals surface area contributed by atoms with E-state index in [2.05, 4.69) is 45.2 Å². The maximum atomic E-state index is 11.6. The van der Waals surface area contributed by atoms with Crippen molar-refractivity contribution in [3.05, 3.63) is 34.3 Å². The zero-order valence-electron chi connectivity index (χ0n) is 14.6. The van der Waals surface area contributed by atoms with E-state index in [1.165, 1.54) is 5.56 Å². The summed E-state index contributed by atoms with van der Waals surface area (Å²) in [7, 11) is 2.05. The van der Waals surface area contributed by atoms with Gasteiger partial charge in [0.25, 0.3) is 0 Å². The first-order valence-corrected chi connectivity index (χ1v) is 9.41. The monoisotopic (exact) mass is 394 g/mol.